The zero-order valence-electron chi connectivity index (χ0n) is 13.2. The first-order valence-electron chi connectivity index (χ1n) is 7.15. The molecule has 0 atom stereocenters. The van der Waals surface area contributed by atoms with Gasteiger partial charge in [-0.15, -0.1) is 11.3 Å². The Morgan fingerprint density at radius 3 is 2.50 bits per heavy atom. The maximum atomic E-state index is 13.4. The second-order valence-electron chi connectivity index (χ2n) is 5.16. The van der Waals surface area contributed by atoms with Crippen molar-refractivity contribution in [2.24, 2.45) is 0 Å². The minimum absolute atomic E-state index is 0.0917. The number of carbonyl (C=O) groups excluding carboxylic acids is 1. The number of aromatic nitrogens is 3. The highest BCUT2D eigenvalue weighted by atomic mass is 32.1. The highest BCUT2D eigenvalue weighted by Crippen LogP contribution is 2.36. The molecule has 0 aliphatic heterocycles. The van der Waals surface area contributed by atoms with Crippen molar-refractivity contribution in [2.45, 2.75) is 13.1 Å². The Hall–Kier alpha value is -2.88. The molecular formula is C16H10F4N4OS. The van der Waals surface area contributed by atoms with Crippen LogP contribution in [0.2, 0.25) is 0 Å². The van der Waals surface area contributed by atoms with E-state index in [2.05, 4.69) is 15.0 Å². The third-order valence-corrected chi connectivity index (χ3v) is 4.20. The fraction of sp³-hybridized carbons (Fsp3) is 0.125. The van der Waals surface area contributed by atoms with E-state index in [-0.39, 0.29) is 22.3 Å². The summed E-state index contributed by atoms with van der Waals surface area (Å²) in [6.45, 7) is 1.31. The molecule has 134 valence electrons. The van der Waals surface area contributed by atoms with Gasteiger partial charge in [0.1, 0.15) is 12.1 Å². The number of benzene rings is 1. The van der Waals surface area contributed by atoms with E-state index in [9.17, 15) is 22.4 Å². The average molecular weight is 382 g/mol. The third kappa shape index (κ3) is 3.54. The molecule has 0 radical (unpaired) electrons. The van der Waals surface area contributed by atoms with Crippen molar-refractivity contribution in [1.29, 1.82) is 0 Å². The van der Waals surface area contributed by atoms with E-state index in [1.807, 2.05) is 0 Å². The van der Waals surface area contributed by atoms with Crippen molar-refractivity contribution in [1.82, 2.24) is 15.0 Å². The number of rotatable bonds is 3. The molecule has 5 nitrogen and oxygen atoms in total. The molecule has 0 aliphatic carbocycles. The summed E-state index contributed by atoms with van der Waals surface area (Å²) in [5, 5.41) is 1.72. The molecule has 0 spiro atoms. The lowest BCUT2D eigenvalue weighted by molar-refractivity contribution is -0.140. The van der Waals surface area contributed by atoms with Gasteiger partial charge in [0.05, 0.1) is 29.3 Å². The van der Waals surface area contributed by atoms with Crippen LogP contribution in [0, 0.1) is 5.82 Å². The topological polar surface area (TPSA) is 59.0 Å². The number of carbonyl (C=O) groups is 1. The maximum absolute atomic E-state index is 13.4. The standard InChI is InChI=1S/C16H10F4N4OS/c1-9(25)24(11-5-21-8-22-6-11)15-23-14(7-26-15)10-2-3-13(17)12(4-10)16(18,19)20/h2-8H,1H3. The van der Waals surface area contributed by atoms with Gasteiger partial charge in [-0.2, -0.15) is 13.2 Å². The second-order valence-corrected chi connectivity index (χ2v) is 6.00. The van der Waals surface area contributed by atoms with Crippen LogP contribution in [0.4, 0.5) is 28.4 Å². The molecule has 2 heterocycles. The zero-order valence-corrected chi connectivity index (χ0v) is 14.0. The number of amides is 1. The maximum Gasteiger partial charge on any atom is 0.419 e. The number of anilines is 2. The molecule has 0 fully saturated rings. The van der Waals surface area contributed by atoms with Crippen molar-refractivity contribution in [2.75, 3.05) is 4.90 Å². The Balaban J connectivity index is 2.01. The zero-order chi connectivity index (χ0) is 18.9. The van der Waals surface area contributed by atoms with Crippen molar-refractivity contribution >= 4 is 28.1 Å². The number of thiazole rings is 1. The van der Waals surface area contributed by atoms with E-state index in [0.717, 1.165) is 17.4 Å². The van der Waals surface area contributed by atoms with Gasteiger partial charge in [-0.05, 0) is 18.2 Å². The van der Waals surface area contributed by atoms with Crippen LogP contribution in [-0.2, 0) is 11.0 Å². The smallest absolute Gasteiger partial charge is 0.274 e. The summed E-state index contributed by atoms with van der Waals surface area (Å²) in [7, 11) is 0. The van der Waals surface area contributed by atoms with Gasteiger partial charge in [-0.1, -0.05) is 0 Å². The molecule has 3 aromatic rings. The Labute approximate surface area is 149 Å². The molecule has 3 rings (SSSR count). The minimum Gasteiger partial charge on any atom is -0.274 e. The van der Waals surface area contributed by atoms with E-state index in [1.165, 1.54) is 42.0 Å². The highest BCUT2D eigenvalue weighted by Gasteiger charge is 2.34. The van der Waals surface area contributed by atoms with Crippen LogP contribution in [-0.4, -0.2) is 20.9 Å². The summed E-state index contributed by atoms with van der Waals surface area (Å²) in [6.07, 6.45) is -0.692. The van der Waals surface area contributed by atoms with E-state index in [4.69, 9.17) is 0 Å². The molecule has 0 saturated heterocycles. The van der Waals surface area contributed by atoms with Gasteiger partial charge < -0.3 is 0 Å². The van der Waals surface area contributed by atoms with Gasteiger partial charge in [0, 0.05) is 17.9 Å². The van der Waals surface area contributed by atoms with Crippen molar-refractivity contribution < 1.29 is 22.4 Å². The van der Waals surface area contributed by atoms with Crippen LogP contribution in [0.1, 0.15) is 12.5 Å². The fourth-order valence-corrected chi connectivity index (χ4v) is 3.13. The van der Waals surface area contributed by atoms with Gasteiger partial charge >= 0.3 is 6.18 Å². The van der Waals surface area contributed by atoms with E-state index >= 15 is 0 Å². The minimum atomic E-state index is -4.81. The predicted octanol–water partition coefficient (Wildman–Crippen LogP) is 4.44. The largest absolute Gasteiger partial charge is 0.419 e. The van der Waals surface area contributed by atoms with Crippen LogP contribution in [0.3, 0.4) is 0 Å². The highest BCUT2D eigenvalue weighted by molar-refractivity contribution is 7.14. The predicted molar refractivity (Wildman–Crippen MR) is 87.4 cm³/mol. The second kappa shape index (κ2) is 6.79. The SMILES string of the molecule is CC(=O)N(c1cncnc1)c1nc(-c2ccc(F)c(C(F)(F)F)c2)cs1. The Morgan fingerprint density at radius 1 is 1.19 bits per heavy atom. The number of alkyl halides is 3. The lowest BCUT2D eigenvalue weighted by Gasteiger charge is -2.16. The summed E-state index contributed by atoms with van der Waals surface area (Å²) in [4.78, 5) is 25.1. The van der Waals surface area contributed by atoms with Gasteiger partial charge in [0.2, 0.25) is 5.91 Å². The third-order valence-electron chi connectivity index (χ3n) is 3.37. The Morgan fingerprint density at radius 2 is 1.88 bits per heavy atom. The summed E-state index contributed by atoms with van der Waals surface area (Å²) in [6, 6.07) is 2.63. The van der Waals surface area contributed by atoms with Crippen molar-refractivity contribution in [3.05, 3.63) is 53.7 Å². The van der Waals surface area contributed by atoms with Crippen molar-refractivity contribution in [3.8, 4) is 11.3 Å². The molecule has 1 amide bonds. The fourth-order valence-electron chi connectivity index (χ4n) is 2.24. The summed E-state index contributed by atoms with van der Waals surface area (Å²) < 4.78 is 52.1. The summed E-state index contributed by atoms with van der Waals surface area (Å²) in [5.74, 6) is -1.72. The van der Waals surface area contributed by atoms with Gasteiger partial charge in [-0.25, -0.2) is 19.3 Å². The Kier molecular flexibility index (Phi) is 4.68. The van der Waals surface area contributed by atoms with E-state index in [1.54, 1.807) is 0 Å². The van der Waals surface area contributed by atoms with Crippen LogP contribution in [0.15, 0.2) is 42.3 Å². The first-order valence-corrected chi connectivity index (χ1v) is 8.03. The molecule has 0 N–H and O–H groups in total. The van der Waals surface area contributed by atoms with Gasteiger partial charge in [-0.3, -0.25) is 9.69 Å². The van der Waals surface area contributed by atoms with E-state index in [0.29, 0.717) is 11.8 Å². The molecule has 1 aromatic carbocycles. The molecule has 10 heteroatoms. The molecule has 0 aliphatic rings. The van der Waals surface area contributed by atoms with Crippen LogP contribution < -0.4 is 4.90 Å². The normalized spacial score (nSPS) is 11.4. The number of halogens is 4. The summed E-state index contributed by atoms with van der Waals surface area (Å²) >= 11 is 1.06. The van der Waals surface area contributed by atoms with Crippen molar-refractivity contribution in [3.63, 3.8) is 0 Å². The molecule has 0 bridgehead atoms. The molecule has 0 saturated carbocycles. The molecule has 2 aromatic heterocycles. The van der Waals surface area contributed by atoms with Crippen LogP contribution >= 0.6 is 11.3 Å². The lowest BCUT2D eigenvalue weighted by Crippen LogP contribution is -2.22. The number of hydrogen-bond acceptors (Lipinski definition) is 5. The van der Waals surface area contributed by atoms with Gasteiger partial charge in [0.15, 0.2) is 5.13 Å². The Bertz CT molecular complexity index is 943. The van der Waals surface area contributed by atoms with Crippen LogP contribution in [0.25, 0.3) is 11.3 Å². The average Bonchev–Trinajstić information content (AvgIpc) is 3.04. The quantitative estimate of drug-likeness (QED) is 0.629. The van der Waals surface area contributed by atoms with Gasteiger partial charge in [0.25, 0.3) is 0 Å². The molecular weight excluding hydrogens is 372 g/mol. The molecule has 0 unspecified atom stereocenters. The lowest BCUT2D eigenvalue weighted by atomic mass is 10.1. The first-order chi connectivity index (χ1) is 12.3. The first kappa shape index (κ1) is 17.9. The summed E-state index contributed by atoms with van der Waals surface area (Å²) in [5.41, 5.74) is -0.715. The van der Waals surface area contributed by atoms with E-state index < -0.39 is 17.6 Å². The van der Waals surface area contributed by atoms with Crippen LogP contribution in [0.5, 0.6) is 0 Å². The molecule has 26 heavy (non-hydrogen) atoms. The number of hydrogen-bond donors (Lipinski definition) is 0. The monoisotopic (exact) mass is 382 g/mol. The number of nitrogens with zero attached hydrogens (tertiary/aromatic N) is 4.